The molecule has 9 nitrogen and oxygen atoms in total. The minimum absolute atomic E-state index is 0.114. The van der Waals surface area contributed by atoms with E-state index in [4.69, 9.17) is 9.84 Å². The number of ether oxygens (including phenoxy) is 1. The Morgan fingerprint density at radius 1 is 0.902 bits per heavy atom. The van der Waals surface area contributed by atoms with Crippen LogP contribution in [0, 0.1) is 0 Å². The molecule has 1 aliphatic heterocycles. The van der Waals surface area contributed by atoms with Gasteiger partial charge in [0.1, 0.15) is 12.1 Å². The summed E-state index contributed by atoms with van der Waals surface area (Å²) in [6.07, 6.45) is -1.74. The zero-order chi connectivity index (χ0) is 28.8. The first-order valence-corrected chi connectivity index (χ1v) is 13.9. The van der Waals surface area contributed by atoms with E-state index in [0.29, 0.717) is 25.9 Å². The Kier molecular flexibility index (Phi) is 8.66. The number of nitrogens with zero attached hydrogens (tertiary/aromatic N) is 1. The summed E-state index contributed by atoms with van der Waals surface area (Å²) in [4.78, 5) is 39.8. The van der Waals surface area contributed by atoms with Crippen molar-refractivity contribution in [1.82, 2.24) is 15.5 Å². The van der Waals surface area contributed by atoms with E-state index in [-0.39, 0.29) is 19.1 Å². The van der Waals surface area contributed by atoms with Gasteiger partial charge in [0, 0.05) is 32.1 Å². The molecule has 3 aromatic rings. The lowest BCUT2D eigenvalue weighted by molar-refractivity contribution is -0.139. The molecule has 0 spiro atoms. The quantitative estimate of drug-likeness (QED) is 0.300. The number of likely N-dealkylation sites (tertiary alicyclic amines) is 1. The van der Waals surface area contributed by atoms with Crippen molar-refractivity contribution in [2.24, 2.45) is 0 Å². The Labute approximate surface area is 239 Å². The number of hydrogen-bond donors (Lipinski definition) is 4. The third-order valence-corrected chi connectivity index (χ3v) is 7.99. The van der Waals surface area contributed by atoms with Crippen LogP contribution >= 0.6 is 0 Å². The minimum atomic E-state index is -1.25. The SMILES string of the molecule is O=C(O)CC(O)CNC(=O)C1(NC(=O)OCC2c3ccccc3-c3ccccc32)CCN(Cc2ccccc2)CC1. The van der Waals surface area contributed by atoms with Crippen LogP contribution < -0.4 is 10.6 Å². The van der Waals surface area contributed by atoms with Gasteiger partial charge in [-0.2, -0.15) is 0 Å². The van der Waals surface area contributed by atoms with Crippen molar-refractivity contribution in [3.8, 4) is 11.1 Å². The number of aliphatic hydroxyl groups is 1. The lowest BCUT2D eigenvalue weighted by Crippen LogP contribution is -2.63. The summed E-state index contributed by atoms with van der Waals surface area (Å²) in [6, 6.07) is 26.2. The van der Waals surface area contributed by atoms with Crippen LogP contribution in [0.2, 0.25) is 0 Å². The van der Waals surface area contributed by atoms with Crippen LogP contribution in [0.1, 0.15) is 41.9 Å². The number of aliphatic hydroxyl groups excluding tert-OH is 1. The summed E-state index contributed by atoms with van der Waals surface area (Å²) in [5, 5.41) is 24.4. The molecular weight excluding hydrogens is 522 g/mol. The molecule has 0 saturated carbocycles. The third kappa shape index (κ3) is 6.58. The summed E-state index contributed by atoms with van der Waals surface area (Å²) >= 11 is 0. The number of piperidine rings is 1. The van der Waals surface area contributed by atoms with Crippen molar-refractivity contribution < 1.29 is 29.3 Å². The molecule has 1 saturated heterocycles. The third-order valence-electron chi connectivity index (χ3n) is 7.99. The Hall–Kier alpha value is -4.21. The van der Waals surface area contributed by atoms with Gasteiger partial charge in [0.05, 0.1) is 12.5 Å². The second kappa shape index (κ2) is 12.5. The van der Waals surface area contributed by atoms with Gasteiger partial charge in [-0.05, 0) is 40.7 Å². The van der Waals surface area contributed by atoms with E-state index in [9.17, 15) is 19.5 Å². The molecule has 3 aromatic carbocycles. The molecule has 0 bridgehead atoms. The normalized spacial score (nSPS) is 16.7. The van der Waals surface area contributed by atoms with Gasteiger partial charge in [-0.25, -0.2) is 4.79 Å². The number of alkyl carbamates (subject to hydrolysis) is 1. The molecule has 4 N–H and O–H groups in total. The highest BCUT2D eigenvalue weighted by Gasteiger charge is 2.43. The van der Waals surface area contributed by atoms with Gasteiger partial charge in [-0.1, -0.05) is 78.9 Å². The van der Waals surface area contributed by atoms with Gasteiger partial charge < -0.3 is 25.6 Å². The van der Waals surface area contributed by atoms with E-state index in [1.54, 1.807) is 0 Å². The lowest BCUT2D eigenvalue weighted by Gasteiger charge is -2.41. The van der Waals surface area contributed by atoms with E-state index in [1.807, 2.05) is 66.7 Å². The molecular formula is C32H35N3O6. The molecule has 2 amide bonds. The van der Waals surface area contributed by atoms with Crippen molar-refractivity contribution in [3.63, 3.8) is 0 Å². The standard InChI is InChI=1S/C32H35N3O6/c36-23(18-29(37)38)19-33-30(39)32(14-16-35(17-15-32)20-22-8-2-1-3-9-22)34-31(40)41-21-28-26-12-6-4-10-24(26)25-11-5-7-13-27(25)28/h1-13,23,28,36H,14-21H2,(H,33,39)(H,34,40)(H,37,38). The van der Waals surface area contributed by atoms with Gasteiger partial charge in [0.2, 0.25) is 5.91 Å². The Bertz CT molecular complexity index is 1340. The monoisotopic (exact) mass is 557 g/mol. The fourth-order valence-electron chi connectivity index (χ4n) is 5.83. The molecule has 214 valence electrons. The van der Waals surface area contributed by atoms with E-state index in [2.05, 4.69) is 27.7 Å². The Balaban J connectivity index is 1.26. The molecule has 41 heavy (non-hydrogen) atoms. The van der Waals surface area contributed by atoms with Crippen molar-refractivity contribution in [1.29, 1.82) is 0 Å². The van der Waals surface area contributed by atoms with Crippen molar-refractivity contribution >= 4 is 18.0 Å². The van der Waals surface area contributed by atoms with E-state index in [1.165, 1.54) is 0 Å². The minimum Gasteiger partial charge on any atom is -0.481 e. The van der Waals surface area contributed by atoms with Gasteiger partial charge in [0.15, 0.2) is 0 Å². The number of rotatable bonds is 10. The van der Waals surface area contributed by atoms with Crippen molar-refractivity contribution in [3.05, 3.63) is 95.6 Å². The number of carboxylic acid groups (broad SMARTS) is 1. The van der Waals surface area contributed by atoms with Gasteiger partial charge in [-0.15, -0.1) is 0 Å². The van der Waals surface area contributed by atoms with Crippen molar-refractivity contribution in [2.75, 3.05) is 26.2 Å². The van der Waals surface area contributed by atoms with E-state index < -0.39 is 36.0 Å². The van der Waals surface area contributed by atoms with Gasteiger partial charge in [-0.3, -0.25) is 14.5 Å². The lowest BCUT2D eigenvalue weighted by atomic mass is 9.86. The summed E-state index contributed by atoms with van der Waals surface area (Å²) in [5.41, 5.74) is 4.34. The fraction of sp³-hybridized carbons (Fsp3) is 0.344. The maximum Gasteiger partial charge on any atom is 0.408 e. The molecule has 1 unspecified atom stereocenters. The number of hydrogen-bond acceptors (Lipinski definition) is 6. The van der Waals surface area contributed by atoms with Crippen LogP contribution in [0.4, 0.5) is 4.79 Å². The van der Waals surface area contributed by atoms with E-state index in [0.717, 1.165) is 34.4 Å². The number of carbonyl (C=O) groups excluding carboxylic acids is 2. The summed E-state index contributed by atoms with van der Waals surface area (Å²) < 4.78 is 5.75. The van der Waals surface area contributed by atoms with Crippen LogP contribution in [0.5, 0.6) is 0 Å². The predicted octanol–water partition coefficient (Wildman–Crippen LogP) is 3.51. The molecule has 1 fully saturated rings. The maximum absolute atomic E-state index is 13.4. The average molecular weight is 558 g/mol. The largest absolute Gasteiger partial charge is 0.481 e. The summed E-state index contributed by atoms with van der Waals surface area (Å²) in [6.45, 7) is 1.73. The first-order valence-electron chi connectivity index (χ1n) is 13.9. The highest BCUT2D eigenvalue weighted by Crippen LogP contribution is 2.44. The fourth-order valence-corrected chi connectivity index (χ4v) is 5.83. The predicted molar refractivity (Wildman–Crippen MR) is 153 cm³/mol. The molecule has 0 aromatic heterocycles. The molecule has 0 radical (unpaired) electrons. The topological polar surface area (TPSA) is 128 Å². The number of aliphatic carboxylic acids is 1. The summed E-state index contributed by atoms with van der Waals surface area (Å²) in [7, 11) is 0. The zero-order valence-electron chi connectivity index (χ0n) is 22.8. The zero-order valence-corrected chi connectivity index (χ0v) is 22.8. The van der Waals surface area contributed by atoms with Crippen LogP contribution in [-0.2, 0) is 20.9 Å². The molecule has 1 aliphatic carbocycles. The summed E-state index contributed by atoms with van der Waals surface area (Å²) in [5.74, 6) is -1.74. The number of fused-ring (bicyclic) bond motifs is 3. The molecule has 2 aliphatic rings. The second-order valence-electron chi connectivity index (χ2n) is 10.8. The Morgan fingerprint density at radius 3 is 2.10 bits per heavy atom. The van der Waals surface area contributed by atoms with Crippen LogP contribution in [0.25, 0.3) is 11.1 Å². The average Bonchev–Trinajstić information content (AvgIpc) is 3.30. The molecule has 9 heteroatoms. The van der Waals surface area contributed by atoms with E-state index >= 15 is 0 Å². The molecule has 1 atom stereocenters. The Morgan fingerprint density at radius 2 is 1.49 bits per heavy atom. The number of carbonyl (C=O) groups is 3. The first-order chi connectivity index (χ1) is 19.8. The highest BCUT2D eigenvalue weighted by atomic mass is 16.5. The first kappa shape index (κ1) is 28.3. The number of amides is 2. The van der Waals surface area contributed by atoms with Gasteiger partial charge in [0.25, 0.3) is 0 Å². The maximum atomic E-state index is 13.4. The number of nitrogens with one attached hydrogen (secondary N) is 2. The van der Waals surface area contributed by atoms with Crippen LogP contribution in [0.15, 0.2) is 78.9 Å². The second-order valence-corrected chi connectivity index (χ2v) is 10.8. The number of benzene rings is 3. The smallest absolute Gasteiger partial charge is 0.408 e. The highest BCUT2D eigenvalue weighted by molar-refractivity contribution is 5.90. The van der Waals surface area contributed by atoms with Gasteiger partial charge >= 0.3 is 12.1 Å². The van der Waals surface area contributed by atoms with Crippen LogP contribution in [-0.4, -0.2) is 71.0 Å². The molecule has 1 heterocycles. The number of carboxylic acids is 1. The molecule has 5 rings (SSSR count). The van der Waals surface area contributed by atoms with Crippen molar-refractivity contribution in [2.45, 2.75) is 43.4 Å². The van der Waals surface area contributed by atoms with Crippen LogP contribution in [0.3, 0.4) is 0 Å².